The van der Waals surface area contributed by atoms with Crippen molar-refractivity contribution in [2.75, 3.05) is 18.5 Å². The summed E-state index contributed by atoms with van der Waals surface area (Å²) in [6.07, 6.45) is 1.31. The van der Waals surface area contributed by atoms with Crippen molar-refractivity contribution in [3.8, 4) is 0 Å². The van der Waals surface area contributed by atoms with Gasteiger partial charge in [0.2, 0.25) is 0 Å². The minimum absolute atomic E-state index is 0.233. The quantitative estimate of drug-likeness (QED) is 0.854. The standard InChI is InChI=1S/C13H22N2O/c1-10(16)11-6-7-14-12(8-11)15(5)9-13(2,3)4/h6-8,10,16H,9H2,1-5H3. The second kappa shape index (κ2) is 4.83. The highest BCUT2D eigenvalue weighted by molar-refractivity contribution is 5.40. The Labute approximate surface area is 98.1 Å². The monoisotopic (exact) mass is 222 g/mol. The summed E-state index contributed by atoms with van der Waals surface area (Å²) in [6, 6.07) is 3.79. The average molecular weight is 222 g/mol. The first-order valence-electron chi connectivity index (χ1n) is 5.65. The summed E-state index contributed by atoms with van der Waals surface area (Å²) < 4.78 is 0. The third-order valence-electron chi connectivity index (χ3n) is 2.35. The summed E-state index contributed by atoms with van der Waals surface area (Å²) >= 11 is 0. The first-order valence-corrected chi connectivity index (χ1v) is 5.65. The van der Waals surface area contributed by atoms with Gasteiger partial charge in [-0.15, -0.1) is 0 Å². The zero-order valence-corrected chi connectivity index (χ0v) is 10.9. The van der Waals surface area contributed by atoms with E-state index in [0.717, 1.165) is 17.9 Å². The Morgan fingerprint density at radius 3 is 2.56 bits per heavy atom. The molecule has 1 heterocycles. The van der Waals surface area contributed by atoms with Crippen LogP contribution in [-0.4, -0.2) is 23.7 Å². The van der Waals surface area contributed by atoms with E-state index in [0.29, 0.717) is 0 Å². The van der Waals surface area contributed by atoms with Gasteiger partial charge >= 0.3 is 0 Å². The first kappa shape index (κ1) is 13.0. The highest BCUT2D eigenvalue weighted by Gasteiger charge is 2.15. The molecule has 16 heavy (non-hydrogen) atoms. The Morgan fingerprint density at radius 1 is 1.44 bits per heavy atom. The van der Waals surface area contributed by atoms with E-state index in [-0.39, 0.29) is 5.41 Å². The van der Waals surface area contributed by atoms with Gasteiger partial charge in [-0.05, 0) is 30.0 Å². The first-order chi connectivity index (χ1) is 7.29. The number of nitrogens with zero attached hydrogens (tertiary/aromatic N) is 2. The van der Waals surface area contributed by atoms with Gasteiger partial charge in [-0.3, -0.25) is 0 Å². The zero-order valence-electron chi connectivity index (χ0n) is 10.9. The SMILES string of the molecule is CC(O)c1ccnc(N(C)CC(C)(C)C)c1. The van der Waals surface area contributed by atoms with Gasteiger partial charge in [-0.2, -0.15) is 0 Å². The second-order valence-corrected chi connectivity index (χ2v) is 5.54. The third-order valence-corrected chi connectivity index (χ3v) is 2.35. The van der Waals surface area contributed by atoms with Crippen LogP contribution >= 0.6 is 0 Å². The van der Waals surface area contributed by atoms with Gasteiger partial charge in [0.05, 0.1) is 6.10 Å². The summed E-state index contributed by atoms with van der Waals surface area (Å²) in [5.74, 6) is 0.910. The van der Waals surface area contributed by atoms with Crippen molar-refractivity contribution in [1.82, 2.24) is 4.98 Å². The fourth-order valence-electron chi connectivity index (χ4n) is 1.70. The molecular weight excluding hydrogens is 200 g/mol. The normalized spacial score (nSPS) is 13.6. The molecule has 1 rings (SSSR count). The summed E-state index contributed by atoms with van der Waals surface area (Å²) in [7, 11) is 2.03. The number of pyridine rings is 1. The van der Waals surface area contributed by atoms with Crippen LogP contribution in [-0.2, 0) is 0 Å². The summed E-state index contributed by atoms with van der Waals surface area (Å²) in [4.78, 5) is 6.44. The van der Waals surface area contributed by atoms with Crippen molar-refractivity contribution in [1.29, 1.82) is 0 Å². The number of aliphatic hydroxyl groups is 1. The maximum absolute atomic E-state index is 9.52. The van der Waals surface area contributed by atoms with E-state index in [1.165, 1.54) is 0 Å². The van der Waals surface area contributed by atoms with Crippen molar-refractivity contribution in [2.24, 2.45) is 5.41 Å². The van der Waals surface area contributed by atoms with E-state index < -0.39 is 6.10 Å². The van der Waals surface area contributed by atoms with Crippen molar-refractivity contribution < 1.29 is 5.11 Å². The largest absolute Gasteiger partial charge is 0.389 e. The molecule has 0 radical (unpaired) electrons. The van der Waals surface area contributed by atoms with Crippen LogP contribution < -0.4 is 4.90 Å². The summed E-state index contributed by atoms with van der Waals surface area (Å²) in [5.41, 5.74) is 1.14. The Balaban J connectivity index is 2.83. The lowest BCUT2D eigenvalue weighted by Crippen LogP contribution is -2.29. The number of rotatable bonds is 3. The molecule has 3 heteroatoms. The van der Waals surface area contributed by atoms with Crippen molar-refractivity contribution in [3.63, 3.8) is 0 Å². The Bertz CT molecular complexity index is 342. The van der Waals surface area contributed by atoms with Crippen molar-refractivity contribution in [3.05, 3.63) is 23.9 Å². The second-order valence-electron chi connectivity index (χ2n) is 5.54. The number of hydrogen-bond acceptors (Lipinski definition) is 3. The van der Waals surface area contributed by atoms with E-state index in [1.54, 1.807) is 13.1 Å². The molecule has 1 unspecified atom stereocenters. The maximum Gasteiger partial charge on any atom is 0.128 e. The molecule has 1 N–H and O–H groups in total. The molecule has 0 bridgehead atoms. The summed E-state index contributed by atoms with van der Waals surface area (Å²) in [5, 5.41) is 9.52. The minimum Gasteiger partial charge on any atom is -0.389 e. The molecule has 1 aromatic rings. The average Bonchev–Trinajstić information content (AvgIpc) is 2.15. The molecule has 90 valence electrons. The molecule has 1 atom stereocenters. The van der Waals surface area contributed by atoms with Gasteiger partial charge in [0.1, 0.15) is 5.82 Å². The molecule has 0 aliphatic carbocycles. The van der Waals surface area contributed by atoms with Gasteiger partial charge in [-0.1, -0.05) is 20.8 Å². The third kappa shape index (κ3) is 3.81. The van der Waals surface area contributed by atoms with E-state index in [4.69, 9.17) is 0 Å². The number of hydrogen-bond donors (Lipinski definition) is 1. The number of anilines is 1. The van der Waals surface area contributed by atoms with E-state index in [9.17, 15) is 5.11 Å². The molecule has 0 spiro atoms. The van der Waals surface area contributed by atoms with Crippen LogP contribution in [0.1, 0.15) is 39.4 Å². The fourth-order valence-corrected chi connectivity index (χ4v) is 1.70. The lowest BCUT2D eigenvalue weighted by Gasteiger charge is -2.27. The van der Waals surface area contributed by atoms with Crippen molar-refractivity contribution >= 4 is 5.82 Å². The zero-order chi connectivity index (χ0) is 12.3. The van der Waals surface area contributed by atoms with Gasteiger partial charge < -0.3 is 10.0 Å². The number of aliphatic hydroxyl groups excluding tert-OH is 1. The van der Waals surface area contributed by atoms with E-state index in [2.05, 4.69) is 30.7 Å². The Hall–Kier alpha value is -1.09. The lowest BCUT2D eigenvalue weighted by molar-refractivity contribution is 0.199. The molecule has 0 fully saturated rings. The Morgan fingerprint density at radius 2 is 2.06 bits per heavy atom. The van der Waals surface area contributed by atoms with Gasteiger partial charge in [-0.25, -0.2) is 4.98 Å². The highest BCUT2D eigenvalue weighted by Crippen LogP contribution is 2.21. The Kier molecular flexibility index (Phi) is 3.92. The van der Waals surface area contributed by atoms with Crippen LogP contribution in [0.3, 0.4) is 0 Å². The minimum atomic E-state index is -0.440. The molecular formula is C13H22N2O. The van der Waals surface area contributed by atoms with Gasteiger partial charge in [0, 0.05) is 19.8 Å². The van der Waals surface area contributed by atoms with Crippen LogP contribution in [0.2, 0.25) is 0 Å². The molecule has 3 nitrogen and oxygen atoms in total. The van der Waals surface area contributed by atoms with Crippen LogP contribution in [0.15, 0.2) is 18.3 Å². The van der Waals surface area contributed by atoms with Crippen molar-refractivity contribution in [2.45, 2.75) is 33.8 Å². The van der Waals surface area contributed by atoms with Gasteiger partial charge in [0.25, 0.3) is 0 Å². The molecule has 0 saturated heterocycles. The fraction of sp³-hybridized carbons (Fsp3) is 0.615. The maximum atomic E-state index is 9.52. The van der Waals surface area contributed by atoms with E-state index in [1.807, 2.05) is 19.2 Å². The molecule has 0 aromatic carbocycles. The lowest BCUT2D eigenvalue weighted by atomic mass is 9.96. The highest BCUT2D eigenvalue weighted by atomic mass is 16.3. The van der Waals surface area contributed by atoms with Crippen LogP contribution in [0.5, 0.6) is 0 Å². The predicted octanol–water partition coefficient (Wildman–Crippen LogP) is 2.62. The molecule has 0 aliphatic rings. The number of aromatic nitrogens is 1. The smallest absolute Gasteiger partial charge is 0.128 e. The van der Waals surface area contributed by atoms with Crippen LogP contribution in [0.4, 0.5) is 5.82 Å². The molecule has 0 amide bonds. The molecule has 0 aliphatic heterocycles. The topological polar surface area (TPSA) is 36.4 Å². The molecule has 0 saturated carbocycles. The van der Waals surface area contributed by atoms with Crippen LogP contribution in [0.25, 0.3) is 0 Å². The molecule has 1 aromatic heterocycles. The summed E-state index contributed by atoms with van der Waals surface area (Å²) in [6.45, 7) is 9.29. The van der Waals surface area contributed by atoms with Gasteiger partial charge in [0.15, 0.2) is 0 Å². The van der Waals surface area contributed by atoms with E-state index >= 15 is 0 Å². The van der Waals surface area contributed by atoms with Crippen LogP contribution in [0, 0.1) is 5.41 Å². The predicted molar refractivity (Wildman–Crippen MR) is 67.6 cm³/mol.